The van der Waals surface area contributed by atoms with E-state index in [0.717, 1.165) is 6.92 Å². The van der Waals surface area contributed by atoms with Crippen LogP contribution in [0.5, 0.6) is 5.75 Å². The molecule has 1 aromatic heterocycles. The molecule has 2 heterocycles. The fourth-order valence-electron chi connectivity index (χ4n) is 3.52. The van der Waals surface area contributed by atoms with Gasteiger partial charge in [0.1, 0.15) is 11.8 Å². The van der Waals surface area contributed by atoms with Gasteiger partial charge < -0.3 is 14.0 Å². The summed E-state index contributed by atoms with van der Waals surface area (Å²) in [5.41, 5.74) is -4.48. The summed E-state index contributed by atoms with van der Waals surface area (Å²) in [6.45, 7) is 5.38. The minimum absolute atomic E-state index is 0.175. The minimum Gasteiger partial charge on any atom is -0.462 e. The van der Waals surface area contributed by atoms with E-state index in [-0.39, 0.29) is 12.2 Å². The van der Waals surface area contributed by atoms with Crippen LogP contribution in [-0.4, -0.2) is 46.0 Å². The van der Waals surface area contributed by atoms with Gasteiger partial charge in [0, 0.05) is 6.42 Å². The maximum atomic E-state index is 15.3. The van der Waals surface area contributed by atoms with Crippen molar-refractivity contribution in [2.45, 2.75) is 64.3 Å². The number of aromatic nitrogens is 2. The van der Waals surface area contributed by atoms with Crippen molar-refractivity contribution in [1.82, 2.24) is 14.6 Å². The average Bonchev–Trinajstić information content (AvgIpc) is 3.09. The van der Waals surface area contributed by atoms with Crippen molar-refractivity contribution in [2.75, 3.05) is 6.61 Å². The Hall–Kier alpha value is -2.86. The van der Waals surface area contributed by atoms with E-state index in [1.165, 1.54) is 19.1 Å². The van der Waals surface area contributed by atoms with E-state index in [0.29, 0.717) is 10.8 Å². The van der Waals surface area contributed by atoms with Gasteiger partial charge in [-0.25, -0.2) is 13.8 Å². The molecule has 5 atom stereocenters. The van der Waals surface area contributed by atoms with Gasteiger partial charge in [0.05, 0.1) is 25.0 Å². The number of hydrogen-bond donors (Lipinski definition) is 2. The van der Waals surface area contributed by atoms with Crippen molar-refractivity contribution in [1.29, 1.82) is 0 Å². The molecule has 0 bridgehead atoms. The number of hydrogen-bond acceptors (Lipinski definition) is 8. The second-order valence-corrected chi connectivity index (χ2v) is 10.5. The summed E-state index contributed by atoms with van der Waals surface area (Å²) >= 11 is 0. The maximum absolute atomic E-state index is 15.3. The first-order chi connectivity index (χ1) is 16.8. The smallest absolute Gasteiger partial charge is 0.459 e. The molecule has 1 saturated heterocycles. The standard InChI is InChI=1S/C22H28F2N3O8P/c1-13(2)33-19(29)14(3)26-36(31,35-15-8-6-5-7-9-15)32-12-16-10-22(4,24)20(34-16)27-11-17(23)18(28)25-21(27)30/h5-9,11,13-14,16,20H,10,12H2,1-4H3,(H,26,31)(H,25,28,30)/t14-,16+,20-,22-,36?/m1/s1. The molecule has 1 fully saturated rings. The largest absolute Gasteiger partial charge is 0.462 e. The topological polar surface area (TPSA) is 138 Å². The van der Waals surface area contributed by atoms with Crippen LogP contribution in [0.2, 0.25) is 0 Å². The van der Waals surface area contributed by atoms with E-state index in [9.17, 15) is 23.3 Å². The van der Waals surface area contributed by atoms with Crippen LogP contribution in [0.3, 0.4) is 0 Å². The lowest BCUT2D eigenvalue weighted by atomic mass is 10.0. The van der Waals surface area contributed by atoms with Gasteiger partial charge in [0.2, 0.25) is 5.82 Å². The molecule has 0 saturated carbocycles. The normalized spacial score (nSPS) is 24.3. The van der Waals surface area contributed by atoms with E-state index < -0.39 is 67.5 Å². The molecule has 0 amide bonds. The van der Waals surface area contributed by atoms with Crippen molar-refractivity contribution in [3.8, 4) is 5.75 Å². The first kappa shape index (κ1) is 27.7. The third-order valence-corrected chi connectivity index (χ3v) is 6.74. The quantitative estimate of drug-likeness (QED) is 0.350. The molecule has 1 aliphatic heterocycles. The monoisotopic (exact) mass is 531 g/mol. The Kier molecular flexibility index (Phi) is 8.50. The molecule has 0 aliphatic carbocycles. The predicted octanol–water partition coefficient (Wildman–Crippen LogP) is 2.82. The van der Waals surface area contributed by atoms with Gasteiger partial charge in [-0.1, -0.05) is 18.2 Å². The molecule has 14 heteroatoms. The third-order valence-electron chi connectivity index (χ3n) is 5.10. The fraction of sp³-hybridized carbons (Fsp3) is 0.500. The van der Waals surface area contributed by atoms with Gasteiger partial charge in [-0.3, -0.25) is 23.7 Å². The number of nitrogens with zero attached hydrogens (tertiary/aromatic N) is 1. The van der Waals surface area contributed by atoms with Crippen LogP contribution in [0, 0.1) is 5.82 Å². The molecular formula is C22H28F2N3O8P. The summed E-state index contributed by atoms with van der Waals surface area (Å²) in [5.74, 6) is -1.81. The lowest BCUT2D eigenvalue weighted by Crippen LogP contribution is -2.39. The van der Waals surface area contributed by atoms with Crippen LogP contribution in [0.15, 0.2) is 46.1 Å². The molecule has 0 spiro atoms. The summed E-state index contributed by atoms with van der Waals surface area (Å²) < 4.78 is 64.9. The minimum atomic E-state index is -4.23. The van der Waals surface area contributed by atoms with Gasteiger partial charge in [-0.15, -0.1) is 0 Å². The highest BCUT2D eigenvalue weighted by Gasteiger charge is 2.48. The second-order valence-electron chi connectivity index (χ2n) is 8.77. The van der Waals surface area contributed by atoms with E-state index >= 15 is 4.39 Å². The summed E-state index contributed by atoms with van der Waals surface area (Å²) in [6.07, 6.45) is -2.81. The van der Waals surface area contributed by atoms with Crippen molar-refractivity contribution in [2.24, 2.45) is 0 Å². The highest BCUT2D eigenvalue weighted by molar-refractivity contribution is 7.52. The summed E-state index contributed by atoms with van der Waals surface area (Å²) in [7, 11) is -4.23. The lowest BCUT2D eigenvalue weighted by molar-refractivity contribution is -0.149. The molecular weight excluding hydrogens is 503 g/mol. The molecule has 36 heavy (non-hydrogen) atoms. The number of ether oxygens (including phenoxy) is 2. The van der Waals surface area contributed by atoms with Gasteiger partial charge in [-0.2, -0.15) is 9.48 Å². The molecule has 1 unspecified atom stereocenters. The maximum Gasteiger partial charge on any atom is 0.459 e. The number of halogens is 2. The van der Waals surface area contributed by atoms with Crippen LogP contribution in [0.1, 0.15) is 40.3 Å². The van der Waals surface area contributed by atoms with E-state index in [1.807, 2.05) is 0 Å². The Morgan fingerprint density at radius 2 is 1.97 bits per heavy atom. The van der Waals surface area contributed by atoms with Gasteiger partial charge in [0.25, 0.3) is 5.56 Å². The van der Waals surface area contributed by atoms with Crippen LogP contribution < -0.4 is 20.9 Å². The molecule has 11 nitrogen and oxygen atoms in total. The number of carbonyl (C=O) groups is 1. The van der Waals surface area contributed by atoms with Gasteiger partial charge in [-0.05, 0) is 39.8 Å². The number of aromatic amines is 1. The third kappa shape index (κ3) is 6.88. The number of carbonyl (C=O) groups excluding carboxylic acids is 1. The first-order valence-electron chi connectivity index (χ1n) is 11.1. The lowest BCUT2D eigenvalue weighted by Gasteiger charge is -2.24. The number of esters is 1. The Morgan fingerprint density at radius 3 is 2.61 bits per heavy atom. The fourth-order valence-corrected chi connectivity index (χ4v) is 5.04. The zero-order valence-corrected chi connectivity index (χ0v) is 21.0. The molecule has 2 N–H and O–H groups in total. The number of alkyl halides is 1. The molecule has 1 aromatic carbocycles. The van der Waals surface area contributed by atoms with E-state index in [4.69, 9.17) is 18.5 Å². The Balaban J connectivity index is 1.77. The second kappa shape index (κ2) is 11.0. The zero-order valence-electron chi connectivity index (χ0n) is 20.1. The number of nitrogens with one attached hydrogen (secondary N) is 2. The van der Waals surface area contributed by atoms with E-state index in [1.54, 1.807) is 37.0 Å². The van der Waals surface area contributed by atoms with E-state index in [2.05, 4.69) is 5.09 Å². The van der Waals surface area contributed by atoms with Crippen LogP contribution in [-0.2, 0) is 23.4 Å². The van der Waals surface area contributed by atoms with Gasteiger partial charge >= 0.3 is 19.4 Å². The Bertz CT molecular complexity index is 1230. The van der Waals surface area contributed by atoms with Crippen LogP contribution >= 0.6 is 7.75 Å². The number of benzene rings is 1. The van der Waals surface area contributed by atoms with Crippen molar-refractivity contribution >= 4 is 13.7 Å². The SMILES string of the molecule is CC(C)OC(=O)[C@@H](C)NP(=O)(OC[C@@H]1C[C@@](C)(F)[C@H](n2cc(F)c(=O)[nH]c2=O)O1)Oc1ccccc1. The highest BCUT2D eigenvalue weighted by Crippen LogP contribution is 2.47. The molecule has 0 radical (unpaired) electrons. The highest BCUT2D eigenvalue weighted by atomic mass is 31.2. The van der Waals surface area contributed by atoms with Crippen molar-refractivity contribution < 1.29 is 36.7 Å². The van der Waals surface area contributed by atoms with Crippen molar-refractivity contribution in [3.63, 3.8) is 0 Å². The summed E-state index contributed by atoms with van der Waals surface area (Å²) in [5, 5.41) is 2.50. The molecule has 2 aromatic rings. The molecule has 3 rings (SSSR count). The average molecular weight is 531 g/mol. The molecule has 1 aliphatic rings. The summed E-state index contributed by atoms with van der Waals surface area (Å²) in [4.78, 5) is 37.4. The van der Waals surface area contributed by atoms with Crippen molar-refractivity contribution in [3.05, 3.63) is 63.2 Å². The summed E-state index contributed by atoms with van der Waals surface area (Å²) in [6, 6.07) is 6.94. The Labute approximate surface area is 205 Å². The zero-order chi connectivity index (χ0) is 26.7. The predicted molar refractivity (Wildman–Crippen MR) is 124 cm³/mol. The van der Waals surface area contributed by atoms with Gasteiger partial charge in [0.15, 0.2) is 11.9 Å². The number of rotatable bonds is 10. The number of H-pyrrole nitrogens is 1. The van der Waals surface area contributed by atoms with Crippen LogP contribution in [0.25, 0.3) is 0 Å². The first-order valence-corrected chi connectivity index (χ1v) is 12.7. The molecule has 198 valence electrons. The Morgan fingerprint density at radius 1 is 1.31 bits per heavy atom. The number of para-hydroxylation sites is 1. The van der Waals surface area contributed by atoms with Crippen LogP contribution in [0.4, 0.5) is 8.78 Å².